The molecule has 3 heteroatoms. The molecule has 0 bridgehead atoms. The molecule has 2 fully saturated rings. The molecule has 1 heterocycles. The third-order valence-electron chi connectivity index (χ3n) is 5.91. The fourth-order valence-electron chi connectivity index (χ4n) is 4.12. The van der Waals surface area contributed by atoms with Crippen molar-refractivity contribution in [2.24, 2.45) is 11.8 Å². The van der Waals surface area contributed by atoms with Crippen molar-refractivity contribution >= 4 is 0 Å². The third kappa shape index (κ3) is 4.67. The van der Waals surface area contributed by atoms with Gasteiger partial charge in [0.15, 0.2) is 0 Å². The average Bonchev–Trinajstić information content (AvgIpc) is 2.54. The number of rotatable bonds is 6. The highest BCUT2D eigenvalue weighted by Crippen LogP contribution is 2.31. The summed E-state index contributed by atoms with van der Waals surface area (Å²) in [6, 6.07) is 1.38. The summed E-state index contributed by atoms with van der Waals surface area (Å²) in [6.07, 6.45) is 8.77. The lowest BCUT2D eigenvalue weighted by Gasteiger charge is -2.47. The van der Waals surface area contributed by atoms with E-state index in [0.29, 0.717) is 12.1 Å². The Kier molecular flexibility index (Phi) is 6.97. The maximum atomic E-state index is 5.55. The van der Waals surface area contributed by atoms with Crippen molar-refractivity contribution in [3.8, 4) is 0 Å². The van der Waals surface area contributed by atoms with Gasteiger partial charge >= 0.3 is 0 Å². The van der Waals surface area contributed by atoms with Crippen LogP contribution in [0.1, 0.15) is 59.3 Å². The zero-order valence-corrected chi connectivity index (χ0v) is 14.6. The summed E-state index contributed by atoms with van der Waals surface area (Å²) in [7, 11) is 1.84. The topological polar surface area (TPSA) is 24.5 Å². The van der Waals surface area contributed by atoms with Gasteiger partial charge in [0.2, 0.25) is 0 Å². The molecule has 2 rings (SSSR count). The Morgan fingerprint density at radius 2 is 1.90 bits per heavy atom. The Balaban J connectivity index is 2.00. The van der Waals surface area contributed by atoms with Crippen LogP contribution in [0.2, 0.25) is 0 Å². The van der Waals surface area contributed by atoms with Crippen LogP contribution in [0.4, 0.5) is 0 Å². The van der Waals surface area contributed by atoms with Crippen molar-refractivity contribution in [1.29, 1.82) is 0 Å². The summed E-state index contributed by atoms with van der Waals surface area (Å²) in [5, 5.41) is 3.86. The van der Waals surface area contributed by atoms with Crippen LogP contribution in [0.5, 0.6) is 0 Å². The van der Waals surface area contributed by atoms with Gasteiger partial charge in [-0.05, 0) is 31.6 Å². The predicted octanol–water partition coefficient (Wildman–Crippen LogP) is 3.29. The molecular weight excluding hydrogens is 260 g/mol. The van der Waals surface area contributed by atoms with Crippen molar-refractivity contribution in [2.45, 2.75) is 77.5 Å². The van der Waals surface area contributed by atoms with E-state index in [1.54, 1.807) is 0 Å². The maximum Gasteiger partial charge on any atom is 0.0670 e. The van der Waals surface area contributed by atoms with Crippen molar-refractivity contribution in [3.63, 3.8) is 0 Å². The van der Waals surface area contributed by atoms with E-state index in [2.05, 4.69) is 31.0 Å². The largest absolute Gasteiger partial charge is 0.380 e. The number of methoxy groups -OCH3 is 1. The van der Waals surface area contributed by atoms with Crippen molar-refractivity contribution in [2.75, 3.05) is 26.7 Å². The zero-order valence-electron chi connectivity index (χ0n) is 14.6. The van der Waals surface area contributed by atoms with E-state index in [9.17, 15) is 0 Å². The molecule has 0 aromatic carbocycles. The fourth-order valence-corrected chi connectivity index (χ4v) is 4.12. The third-order valence-corrected chi connectivity index (χ3v) is 5.91. The molecular formula is C18H36N2O. The van der Waals surface area contributed by atoms with Crippen LogP contribution in [0.3, 0.4) is 0 Å². The molecule has 124 valence electrons. The molecule has 0 radical (unpaired) electrons. The molecule has 1 saturated carbocycles. The van der Waals surface area contributed by atoms with Gasteiger partial charge in [0.25, 0.3) is 0 Å². The molecule has 0 aromatic heterocycles. The second-order valence-electron chi connectivity index (χ2n) is 7.37. The molecule has 0 amide bonds. The highest BCUT2D eigenvalue weighted by atomic mass is 16.5. The number of ether oxygens (including phenoxy) is 1. The van der Waals surface area contributed by atoms with E-state index in [1.165, 1.54) is 51.6 Å². The number of hydrogen-bond donors (Lipinski definition) is 1. The molecule has 1 N–H and O–H groups in total. The van der Waals surface area contributed by atoms with Crippen LogP contribution in [0.15, 0.2) is 0 Å². The minimum absolute atomic E-state index is 0.340. The van der Waals surface area contributed by atoms with Gasteiger partial charge in [0.1, 0.15) is 0 Å². The Hall–Kier alpha value is -0.120. The first-order chi connectivity index (χ1) is 10.2. The van der Waals surface area contributed by atoms with Gasteiger partial charge in [-0.15, -0.1) is 0 Å². The molecule has 1 aliphatic heterocycles. The van der Waals surface area contributed by atoms with E-state index in [4.69, 9.17) is 4.74 Å². The van der Waals surface area contributed by atoms with Gasteiger partial charge in [-0.3, -0.25) is 4.90 Å². The normalized spacial score (nSPS) is 32.0. The minimum Gasteiger partial charge on any atom is -0.380 e. The molecule has 4 unspecified atom stereocenters. The average molecular weight is 296 g/mol. The first-order valence-corrected chi connectivity index (χ1v) is 9.15. The van der Waals surface area contributed by atoms with Gasteiger partial charge in [-0.25, -0.2) is 0 Å². The van der Waals surface area contributed by atoms with Gasteiger partial charge in [0.05, 0.1) is 6.10 Å². The molecule has 1 aliphatic carbocycles. The summed E-state index contributed by atoms with van der Waals surface area (Å²) in [6.45, 7) is 10.4. The summed E-state index contributed by atoms with van der Waals surface area (Å²) in [5.41, 5.74) is 0. The number of hydrogen-bond acceptors (Lipinski definition) is 3. The molecule has 3 nitrogen and oxygen atoms in total. The lowest BCUT2D eigenvalue weighted by Crippen LogP contribution is -2.61. The first-order valence-electron chi connectivity index (χ1n) is 9.15. The minimum atomic E-state index is 0.340. The second kappa shape index (κ2) is 8.50. The smallest absolute Gasteiger partial charge is 0.0670 e. The Labute approximate surface area is 131 Å². The number of nitrogens with one attached hydrogen (secondary N) is 1. The lowest BCUT2D eigenvalue weighted by molar-refractivity contribution is 0.0103. The van der Waals surface area contributed by atoms with Crippen LogP contribution < -0.4 is 5.32 Å². The Morgan fingerprint density at radius 1 is 1.19 bits per heavy atom. The predicted molar refractivity (Wildman–Crippen MR) is 89.7 cm³/mol. The summed E-state index contributed by atoms with van der Waals surface area (Å²) in [4.78, 5) is 2.75. The SMILES string of the molecule is CCC(C)C1CN(CC(C)OC)C(C2CCCCC2)CN1. The van der Waals surface area contributed by atoms with E-state index >= 15 is 0 Å². The molecule has 2 aliphatic rings. The quantitative estimate of drug-likeness (QED) is 0.814. The molecule has 4 atom stereocenters. The van der Waals surface area contributed by atoms with Gasteiger partial charge in [0, 0.05) is 38.8 Å². The summed E-state index contributed by atoms with van der Waals surface area (Å²) < 4.78 is 5.55. The van der Waals surface area contributed by atoms with Gasteiger partial charge in [-0.2, -0.15) is 0 Å². The van der Waals surface area contributed by atoms with E-state index in [0.717, 1.165) is 24.4 Å². The van der Waals surface area contributed by atoms with Crippen molar-refractivity contribution < 1.29 is 4.74 Å². The standard InChI is InChI=1S/C18H36N2O/c1-5-14(2)17-13-20(12-15(3)21-4)18(11-19-17)16-9-7-6-8-10-16/h14-19H,5-13H2,1-4H3. The van der Waals surface area contributed by atoms with Crippen LogP contribution >= 0.6 is 0 Å². The van der Waals surface area contributed by atoms with Gasteiger partial charge in [-0.1, -0.05) is 39.5 Å². The lowest BCUT2D eigenvalue weighted by atomic mass is 9.81. The Morgan fingerprint density at radius 3 is 2.52 bits per heavy atom. The molecule has 0 aromatic rings. The maximum absolute atomic E-state index is 5.55. The highest BCUT2D eigenvalue weighted by Gasteiger charge is 2.35. The van der Waals surface area contributed by atoms with E-state index in [1.807, 2.05) is 7.11 Å². The van der Waals surface area contributed by atoms with Crippen molar-refractivity contribution in [1.82, 2.24) is 10.2 Å². The van der Waals surface area contributed by atoms with Crippen molar-refractivity contribution in [3.05, 3.63) is 0 Å². The second-order valence-corrected chi connectivity index (χ2v) is 7.37. The highest BCUT2D eigenvalue weighted by molar-refractivity contribution is 4.92. The Bertz CT molecular complexity index is 291. The van der Waals surface area contributed by atoms with E-state index in [-0.39, 0.29) is 0 Å². The van der Waals surface area contributed by atoms with Crippen LogP contribution in [0, 0.1) is 11.8 Å². The molecule has 0 spiro atoms. The first kappa shape index (κ1) is 17.2. The molecule has 21 heavy (non-hydrogen) atoms. The summed E-state index contributed by atoms with van der Waals surface area (Å²) in [5.74, 6) is 1.66. The summed E-state index contributed by atoms with van der Waals surface area (Å²) >= 11 is 0. The van der Waals surface area contributed by atoms with Crippen LogP contribution in [0.25, 0.3) is 0 Å². The van der Waals surface area contributed by atoms with Gasteiger partial charge < -0.3 is 10.1 Å². The number of nitrogens with zero attached hydrogens (tertiary/aromatic N) is 1. The van der Waals surface area contributed by atoms with Crippen LogP contribution in [-0.2, 0) is 4.74 Å². The fraction of sp³-hybridized carbons (Fsp3) is 1.00. The molecule has 1 saturated heterocycles. The van der Waals surface area contributed by atoms with E-state index < -0.39 is 0 Å². The number of piperazine rings is 1. The zero-order chi connectivity index (χ0) is 15.2. The van der Waals surface area contributed by atoms with Crippen LogP contribution in [-0.4, -0.2) is 49.8 Å². The monoisotopic (exact) mass is 296 g/mol.